The highest BCUT2D eigenvalue weighted by atomic mass is 16.5. The smallest absolute Gasteiger partial charge is 0.358 e. The van der Waals surface area contributed by atoms with Gasteiger partial charge >= 0.3 is 5.97 Å². The van der Waals surface area contributed by atoms with Crippen LogP contribution in [0.2, 0.25) is 0 Å². The zero-order chi connectivity index (χ0) is 15.4. The molecule has 6 heteroatoms. The molecular formula is C15H19N3O3. The standard InChI is InChI=1S/C15H19N3O3/c1-4-6-10(2)18-14(13(15(19)20)16-17-18)11-7-5-8-12(9-11)21-3/h5,7-10H,4,6H2,1-3H3,(H,19,20). The van der Waals surface area contributed by atoms with Gasteiger partial charge in [0.05, 0.1) is 13.2 Å². The van der Waals surface area contributed by atoms with E-state index in [-0.39, 0.29) is 11.7 Å². The predicted molar refractivity (Wildman–Crippen MR) is 78.6 cm³/mol. The zero-order valence-electron chi connectivity index (χ0n) is 12.4. The first-order chi connectivity index (χ1) is 10.1. The van der Waals surface area contributed by atoms with Crippen molar-refractivity contribution in [3.63, 3.8) is 0 Å². The molecule has 0 amide bonds. The second-order valence-corrected chi connectivity index (χ2v) is 4.91. The van der Waals surface area contributed by atoms with Crippen LogP contribution in [0, 0.1) is 0 Å². The van der Waals surface area contributed by atoms with Gasteiger partial charge in [0.2, 0.25) is 0 Å². The zero-order valence-corrected chi connectivity index (χ0v) is 12.4. The van der Waals surface area contributed by atoms with Crippen LogP contribution in [0.1, 0.15) is 43.2 Å². The summed E-state index contributed by atoms with van der Waals surface area (Å²) in [5.74, 6) is -0.414. The lowest BCUT2D eigenvalue weighted by atomic mass is 10.1. The van der Waals surface area contributed by atoms with Crippen molar-refractivity contribution >= 4 is 5.97 Å². The van der Waals surface area contributed by atoms with Gasteiger partial charge in [-0.25, -0.2) is 9.48 Å². The third-order valence-electron chi connectivity index (χ3n) is 3.36. The molecule has 0 saturated carbocycles. The quantitative estimate of drug-likeness (QED) is 0.884. The first-order valence-corrected chi connectivity index (χ1v) is 6.91. The van der Waals surface area contributed by atoms with Crippen molar-refractivity contribution in [2.45, 2.75) is 32.7 Å². The van der Waals surface area contributed by atoms with Gasteiger partial charge in [0.15, 0.2) is 5.69 Å². The van der Waals surface area contributed by atoms with Gasteiger partial charge in [-0.2, -0.15) is 0 Å². The van der Waals surface area contributed by atoms with Crippen molar-refractivity contribution in [3.8, 4) is 17.0 Å². The van der Waals surface area contributed by atoms with E-state index in [1.165, 1.54) is 0 Å². The molecule has 0 radical (unpaired) electrons. The average molecular weight is 289 g/mol. The van der Waals surface area contributed by atoms with Crippen LogP contribution in [0.25, 0.3) is 11.3 Å². The number of nitrogens with zero attached hydrogens (tertiary/aromatic N) is 3. The molecule has 0 spiro atoms. The Morgan fingerprint density at radius 3 is 2.86 bits per heavy atom. The summed E-state index contributed by atoms with van der Waals surface area (Å²) >= 11 is 0. The number of aromatic carboxylic acids is 1. The second-order valence-electron chi connectivity index (χ2n) is 4.91. The number of hydrogen-bond donors (Lipinski definition) is 1. The number of rotatable bonds is 6. The Kier molecular flexibility index (Phi) is 4.57. The highest BCUT2D eigenvalue weighted by Crippen LogP contribution is 2.29. The third kappa shape index (κ3) is 3.04. The molecule has 1 N–H and O–H groups in total. The molecule has 21 heavy (non-hydrogen) atoms. The lowest BCUT2D eigenvalue weighted by Gasteiger charge is -2.14. The summed E-state index contributed by atoms with van der Waals surface area (Å²) < 4.78 is 6.89. The maximum atomic E-state index is 11.4. The summed E-state index contributed by atoms with van der Waals surface area (Å²) in [4.78, 5) is 11.4. The van der Waals surface area contributed by atoms with Crippen LogP contribution in [0.4, 0.5) is 0 Å². The summed E-state index contributed by atoms with van der Waals surface area (Å²) in [5, 5.41) is 17.2. The van der Waals surface area contributed by atoms with E-state index >= 15 is 0 Å². The minimum absolute atomic E-state index is 0.0359. The summed E-state index contributed by atoms with van der Waals surface area (Å²) in [7, 11) is 1.58. The Labute approximate surface area is 123 Å². The molecule has 0 fully saturated rings. The average Bonchev–Trinajstić information content (AvgIpc) is 2.92. The molecular weight excluding hydrogens is 270 g/mol. The highest BCUT2D eigenvalue weighted by molar-refractivity contribution is 5.92. The number of carbonyl (C=O) groups is 1. The molecule has 2 aromatic rings. The van der Waals surface area contributed by atoms with Gasteiger partial charge in [0, 0.05) is 5.56 Å². The number of benzene rings is 1. The molecule has 1 unspecified atom stereocenters. The Morgan fingerprint density at radius 1 is 1.48 bits per heavy atom. The first kappa shape index (κ1) is 15.0. The minimum Gasteiger partial charge on any atom is -0.497 e. The summed E-state index contributed by atoms with van der Waals surface area (Å²) in [6, 6.07) is 7.34. The number of hydrogen-bond acceptors (Lipinski definition) is 4. The predicted octanol–water partition coefficient (Wildman–Crippen LogP) is 3.01. The van der Waals surface area contributed by atoms with Gasteiger partial charge in [-0.3, -0.25) is 0 Å². The molecule has 1 aromatic heterocycles. The molecule has 1 heterocycles. The van der Waals surface area contributed by atoms with Crippen LogP contribution in [-0.2, 0) is 0 Å². The maximum absolute atomic E-state index is 11.4. The fraction of sp³-hybridized carbons (Fsp3) is 0.400. The lowest BCUT2D eigenvalue weighted by molar-refractivity contribution is 0.0691. The van der Waals surface area contributed by atoms with Gasteiger partial charge in [0.1, 0.15) is 11.4 Å². The molecule has 0 saturated heterocycles. The molecule has 6 nitrogen and oxygen atoms in total. The molecule has 1 aromatic carbocycles. The van der Waals surface area contributed by atoms with Gasteiger partial charge in [-0.05, 0) is 25.5 Å². The van der Waals surface area contributed by atoms with Crippen molar-refractivity contribution in [1.82, 2.24) is 15.0 Å². The molecule has 112 valence electrons. The van der Waals surface area contributed by atoms with Crippen LogP contribution in [0.5, 0.6) is 5.75 Å². The van der Waals surface area contributed by atoms with Gasteiger partial charge in [-0.15, -0.1) is 5.10 Å². The molecule has 0 aliphatic carbocycles. The van der Waals surface area contributed by atoms with Crippen molar-refractivity contribution < 1.29 is 14.6 Å². The summed E-state index contributed by atoms with van der Waals surface area (Å²) in [6.07, 6.45) is 1.89. The van der Waals surface area contributed by atoms with Crippen LogP contribution in [-0.4, -0.2) is 33.2 Å². The Hall–Kier alpha value is -2.37. The Bertz CT molecular complexity index is 637. The number of ether oxygens (including phenoxy) is 1. The number of methoxy groups -OCH3 is 1. The van der Waals surface area contributed by atoms with Gasteiger partial charge in [-0.1, -0.05) is 30.7 Å². The van der Waals surface area contributed by atoms with Crippen molar-refractivity contribution in [2.24, 2.45) is 0 Å². The van der Waals surface area contributed by atoms with E-state index in [9.17, 15) is 9.90 Å². The second kappa shape index (κ2) is 6.39. The summed E-state index contributed by atoms with van der Waals surface area (Å²) in [5.41, 5.74) is 1.22. The minimum atomic E-state index is -1.08. The molecule has 0 aliphatic rings. The van der Waals surface area contributed by atoms with E-state index in [4.69, 9.17) is 4.74 Å². The number of carboxylic acid groups (broad SMARTS) is 1. The fourth-order valence-electron chi connectivity index (χ4n) is 2.33. The van der Waals surface area contributed by atoms with E-state index in [1.54, 1.807) is 17.9 Å². The molecule has 0 aliphatic heterocycles. The van der Waals surface area contributed by atoms with Crippen LogP contribution >= 0.6 is 0 Å². The fourth-order valence-corrected chi connectivity index (χ4v) is 2.33. The van der Waals surface area contributed by atoms with Gasteiger partial charge in [0.25, 0.3) is 0 Å². The lowest BCUT2D eigenvalue weighted by Crippen LogP contribution is -2.10. The Balaban J connectivity index is 2.57. The van der Waals surface area contributed by atoms with Crippen molar-refractivity contribution in [2.75, 3.05) is 7.11 Å². The molecule has 0 bridgehead atoms. The summed E-state index contributed by atoms with van der Waals surface area (Å²) in [6.45, 7) is 4.09. The van der Waals surface area contributed by atoms with Crippen LogP contribution in [0.3, 0.4) is 0 Å². The van der Waals surface area contributed by atoms with E-state index in [0.717, 1.165) is 18.4 Å². The number of aromatic nitrogens is 3. The molecule has 1 atom stereocenters. The largest absolute Gasteiger partial charge is 0.497 e. The van der Waals surface area contributed by atoms with E-state index in [2.05, 4.69) is 17.2 Å². The van der Waals surface area contributed by atoms with E-state index in [1.807, 2.05) is 25.1 Å². The van der Waals surface area contributed by atoms with Crippen molar-refractivity contribution in [3.05, 3.63) is 30.0 Å². The SMILES string of the molecule is CCCC(C)n1nnc(C(=O)O)c1-c1cccc(OC)c1. The highest BCUT2D eigenvalue weighted by Gasteiger charge is 2.23. The first-order valence-electron chi connectivity index (χ1n) is 6.91. The van der Waals surface area contributed by atoms with Crippen LogP contribution < -0.4 is 4.74 Å². The molecule has 2 rings (SSSR count). The van der Waals surface area contributed by atoms with Gasteiger partial charge < -0.3 is 9.84 Å². The Morgan fingerprint density at radius 2 is 2.24 bits per heavy atom. The normalized spacial score (nSPS) is 12.1. The topological polar surface area (TPSA) is 77.2 Å². The van der Waals surface area contributed by atoms with Crippen molar-refractivity contribution in [1.29, 1.82) is 0 Å². The number of carboxylic acids is 1. The van der Waals surface area contributed by atoms with E-state index < -0.39 is 5.97 Å². The maximum Gasteiger partial charge on any atom is 0.358 e. The third-order valence-corrected chi connectivity index (χ3v) is 3.36. The monoisotopic (exact) mass is 289 g/mol. The van der Waals surface area contributed by atoms with Crippen LogP contribution in [0.15, 0.2) is 24.3 Å². The van der Waals surface area contributed by atoms with E-state index in [0.29, 0.717) is 11.4 Å².